The van der Waals surface area contributed by atoms with Gasteiger partial charge in [-0.2, -0.15) is 0 Å². The number of anilines is 1. The molecule has 1 fully saturated rings. The van der Waals surface area contributed by atoms with Gasteiger partial charge in [-0.1, -0.05) is 12.8 Å². The quantitative estimate of drug-likeness (QED) is 0.663. The fourth-order valence-corrected chi connectivity index (χ4v) is 2.36. The monoisotopic (exact) mass is 251 g/mol. The van der Waals surface area contributed by atoms with Crippen molar-refractivity contribution in [1.82, 2.24) is 0 Å². The van der Waals surface area contributed by atoms with E-state index in [0.29, 0.717) is 23.7 Å². The van der Waals surface area contributed by atoms with E-state index in [1.54, 1.807) is 6.92 Å². The van der Waals surface area contributed by atoms with Gasteiger partial charge >= 0.3 is 5.97 Å². The predicted octanol–water partition coefficient (Wildman–Crippen LogP) is 3.06. The van der Waals surface area contributed by atoms with Gasteiger partial charge in [0.25, 0.3) is 0 Å². The molecule has 0 aromatic heterocycles. The number of nitrogens with two attached hydrogens (primary N) is 1. The second-order valence-electron chi connectivity index (χ2n) is 4.94. The van der Waals surface area contributed by atoms with Crippen molar-refractivity contribution < 1.29 is 13.9 Å². The summed E-state index contributed by atoms with van der Waals surface area (Å²) in [7, 11) is 0. The minimum absolute atomic E-state index is 0.0200. The molecule has 0 spiro atoms. The number of rotatable bonds is 3. The lowest BCUT2D eigenvalue weighted by atomic mass is 10.1. The fraction of sp³-hybridized carbons (Fsp3) is 0.500. The van der Waals surface area contributed by atoms with Crippen LogP contribution in [0.15, 0.2) is 12.1 Å². The molecule has 0 atom stereocenters. The fourth-order valence-electron chi connectivity index (χ4n) is 2.36. The lowest BCUT2D eigenvalue weighted by Gasteiger charge is -2.12. The molecule has 2 N–H and O–H groups in total. The number of halogens is 1. The Morgan fingerprint density at radius 1 is 1.44 bits per heavy atom. The molecule has 0 amide bonds. The summed E-state index contributed by atoms with van der Waals surface area (Å²) < 4.78 is 18.4. The Bertz CT molecular complexity index is 453. The minimum atomic E-state index is -0.500. The Labute approximate surface area is 106 Å². The summed E-state index contributed by atoms with van der Waals surface area (Å²) in [5.74, 6) is -0.432. The van der Waals surface area contributed by atoms with Gasteiger partial charge in [-0.25, -0.2) is 9.18 Å². The molecule has 1 aromatic carbocycles. The minimum Gasteiger partial charge on any atom is -0.462 e. The van der Waals surface area contributed by atoms with Crippen LogP contribution >= 0.6 is 0 Å². The van der Waals surface area contributed by atoms with Crippen LogP contribution in [0.1, 0.15) is 41.6 Å². The first-order valence-electron chi connectivity index (χ1n) is 6.30. The molecule has 0 radical (unpaired) electrons. The van der Waals surface area contributed by atoms with Crippen LogP contribution in [-0.4, -0.2) is 12.6 Å². The van der Waals surface area contributed by atoms with Crippen LogP contribution in [0.4, 0.5) is 10.1 Å². The third-order valence-electron chi connectivity index (χ3n) is 3.49. The number of carbonyl (C=O) groups is 1. The average Bonchev–Trinajstić information content (AvgIpc) is 2.84. The molecule has 1 aliphatic rings. The Balaban J connectivity index is 2.01. The maximum absolute atomic E-state index is 13.2. The van der Waals surface area contributed by atoms with Crippen molar-refractivity contribution in [2.24, 2.45) is 5.92 Å². The number of ether oxygens (including phenoxy) is 1. The maximum atomic E-state index is 13.2. The normalized spacial score (nSPS) is 15.9. The van der Waals surface area contributed by atoms with E-state index in [1.807, 2.05) is 0 Å². The van der Waals surface area contributed by atoms with E-state index in [1.165, 1.54) is 25.0 Å². The highest BCUT2D eigenvalue weighted by atomic mass is 19.1. The van der Waals surface area contributed by atoms with Crippen molar-refractivity contribution in [3.05, 3.63) is 29.1 Å². The van der Waals surface area contributed by atoms with Gasteiger partial charge in [0.15, 0.2) is 0 Å². The molecule has 2 rings (SSSR count). The smallest absolute Gasteiger partial charge is 0.338 e. The van der Waals surface area contributed by atoms with Crippen LogP contribution in [0.25, 0.3) is 0 Å². The van der Waals surface area contributed by atoms with Gasteiger partial charge in [0.2, 0.25) is 0 Å². The molecule has 18 heavy (non-hydrogen) atoms. The van der Waals surface area contributed by atoms with Gasteiger partial charge in [0.05, 0.1) is 17.9 Å². The molecule has 0 unspecified atom stereocenters. The highest BCUT2D eigenvalue weighted by Gasteiger charge is 2.19. The molecule has 1 aliphatic carbocycles. The zero-order chi connectivity index (χ0) is 13.1. The SMILES string of the molecule is Cc1cc(F)c(N)cc1C(=O)OCC1CCCC1. The van der Waals surface area contributed by atoms with E-state index in [0.717, 1.165) is 12.8 Å². The van der Waals surface area contributed by atoms with Crippen molar-refractivity contribution in [3.63, 3.8) is 0 Å². The zero-order valence-corrected chi connectivity index (χ0v) is 10.5. The lowest BCUT2D eigenvalue weighted by molar-refractivity contribution is 0.0441. The first-order valence-corrected chi connectivity index (χ1v) is 6.30. The number of hydrogen-bond acceptors (Lipinski definition) is 3. The Morgan fingerprint density at radius 3 is 2.78 bits per heavy atom. The molecule has 1 saturated carbocycles. The van der Waals surface area contributed by atoms with Crippen LogP contribution in [0.3, 0.4) is 0 Å². The predicted molar refractivity (Wildman–Crippen MR) is 67.8 cm³/mol. The van der Waals surface area contributed by atoms with Crippen LogP contribution in [0.2, 0.25) is 0 Å². The summed E-state index contributed by atoms with van der Waals surface area (Å²) in [6, 6.07) is 2.61. The molecule has 0 bridgehead atoms. The molecule has 1 aromatic rings. The third kappa shape index (κ3) is 2.81. The van der Waals surface area contributed by atoms with E-state index in [9.17, 15) is 9.18 Å². The van der Waals surface area contributed by atoms with Crippen LogP contribution in [-0.2, 0) is 4.74 Å². The number of esters is 1. The maximum Gasteiger partial charge on any atom is 0.338 e. The number of carbonyl (C=O) groups excluding carboxylic acids is 1. The molecule has 4 heteroatoms. The molecule has 0 aliphatic heterocycles. The first-order chi connectivity index (χ1) is 8.58. The van der Waals surface area contributed by atoms with Gasteiger partial charge in [-0.15, -0.1) is 0 Å². The Hall–Kier alpha value is -1.58. The van der Waals surface area contributed by atoms with E-state index in [4.69, 9.17) is 10.5 Å². The molecule has 0 heterocycles. The van der Waals surface area contributed by atoms with E-state index >= 15 is 0 Å². The number of hydrogen-bond donors (Lipinski definition) is 1. The zero-order valence-electron chi connectivity index (χ0n) is 10.5. The largest absolute Gasteiger partial charge is 0.462 e. The van der Waals surface area contributed by atoms with Gasteiger partial charge in [0, 0.05) is 0 Å². The molecule has 98 valence electrons. The van der Waals surface area contributed by atoms with Gasteiger partial charge in [-0.3, -0.25) is 0 Å². The van der Waals surface area contributed by atoms with Crippen LogP contribution < -0.4 is 5.73 Å². The van der Waals surface area contributed by atoms with Crippen LogP contribution in [0, 0.1) is 18.7 Å². The standard InChI is InChI=1S/C14H18FNO2/c1-9-6-12(15)13(16)7-11(9)14(17)18-8-10-4-2-3-5-10/h6-7,10H,2-5,8,16H2,1H3. The highest BCUT2D eigenvalue weighted by molar-refractivity contribution is 5.92. The Morgan fingerprint density at radius 2 is 2.11 bits per heavy atom. The number of aryl methyl sites for hydroxylation is 1. The summed E-state index contributed by atoms with van der Waals surface area (Å²) in [6.45, 7) is 2.13. The van der Waals surface area contributed by atoms with Crippen molar-refractivity contribution in [2.45, 2.75) is 32.6 Å². The summed E-state index contributed by atoms with van der Waals surface area (Å²) >= 11 is 0. The second kappa shape index (κ2) is 5.38. The Kier molecular flexibility index (Phi) is 3.84. The summed E-state index contributed by atoms with van der Waals surface area (Å²) in [5.41, 5.74) is 6.35. The molecule has 3 nitrogen and oxygen atoms in total. The molecule has 0 saturated heterocycles. The van der Waals surface area contributed by atoms with Crippen molar-refractivity contribution in [3.8, 4) is 0 Å². The van der Waals surface area contributed by atoms with E-state index < -0.39 is 11.8 Å². The van der Waals surface area contributed by atoms with Gasteiger partial charge in [-0.05, 0) is 43.4 Å². The number of benzene rings is 1. The summed E-state index contributed by atoms with van der Waals surface area (Å²) in [4.78, 5) is 11.9. The van der Waals surface area contributed by atoms with Gasteiger partial charge in [0.1, 0.15) is 5.82 Å². The van der Waals surface area contributed by atoms with E-state index in [-0.39, 0.29) is 5.69 Å². The van der Waals surface area contributed by atoms with Gasteiger partial charge < -0.3 is 10.5 Å². The average molecular weight is 251 g/mol. The summed E-state index contributed by atoms with van der Waals surface area (Å²) in [6.07, 6.45) is 4.67. The topological polar surface area (TPSA) is 52.3 Å². The summed E-state index contributed by atoms with van der Waals surface area (Å²) in [5, 5.41) is 0. The highest BCUT2D eigenvalue weighted by Crippen LogP contribution is 2.25. The van der Waals surface area contributed by atoms with Crippen molar-refractivity contribution in [1.29, 1.82) is 0 Å². The second-order valence-corrected chi connectivity index (χ2v) is 4.94. The third-order valence-corrected chi connectivity index (χ3v) is 3.49. The molecular weight excluding hydrogens is 233 g/mol. The first kappa shape index (κ1) is 12.9. The number of nitrogen functional groups attached to an aromatic ring is 1. The molecular formula is C14H18FNO2. The van der Waals surface area contributed by atoms with Crippen molar-refractivity contribution in [2.75, 3.05) is 12.3 Å². The van der Waals surface area contributed by atoms with Crippen molar-refractivity contribution >= 4 is 11.7 Å². The lowest BCUT2D eigenvalue weighted by Crippen LogP contribution is -2.13. The van der Waals surface area contributed by atoms with Crippen LogP contribution in [0.5, 0.6) is 0 Å². The van der Waals surface area contributed by atoms with E-state index in [2.05, 4.69) is 0 Å².